The topological polar surface area (TPSA) is 85.1 Å². The molecule has 0 bridgehead atoms. The monoisotopic (exact) mass is 375 g/mol. The summed E-state index contributed by atoms with van der Waals surface area (Å²) in [7, 11) is 0. The highest BCUT2D eigenvalue weighted by Gasteiger charge is 2.35. The van der Waals surface area contributed by atoms with Crippen LogP contribution in [0.15, 0.2) is 24.3 Å². The minimum absolute atomic E-state index is 0.0127. The van der Waals surface area contributed by atoms with Crippen molar-refractivity contribution in [3.8, 4) is 5.75 Å². The Bertz CT molecular complexity index is 673. The van der Waals surface area contributed by atoms with Crippen molar-refractivity contribution in [2.45, 2.75) is 45.0 Å². The highest BCUT2D eigenvalue weighted by molar-refractivity contribution is 5.83. The Morgan fingerprint density at radius 1 is 1.19 bits per heavy atom. The van der Waals surface area contributed by atoms with Crippen molar-refractivity contribution in [3.63, 3.8) is 0 Å². The third-order valence-electron chi connectivity index (χ3n) is 5.29. The van der Waals surface area contributed by atoms with Gasteiger partial charge in [-0.25, -0.2) is 0 Å². The average Bonchev–Trinajstić information content (AvgIpc) is 3.18. The first-order valence-electron chi connectivity index (χ1n) is 9.65. The molecule has 1 aromatic carbocycles. The van der Waals surface area contributed by atoms with E-state index in [2.05, 4.69) is 0 Å². The number of nitrogens with zero attached hydrogens (tertiary/aromatic N) is 2. The van der Waals surface area contributed by atoms with Gasteiger partial charge in [-0.1, -0.05) is 18.2 Å². The van der Waals surface area contributed by atoms with Crippen molar-refractivity contribution < 1.29 is 19.1 Å². The van der Waals surface area contributed by atoms with E-state index < -0.39 is 6.10 Å². The predicted molar refractivity (Wildman–Crippen MR) is 101 cm³/mol. The number of ether oxygens (including phenoxy) is 2. The molecule has 7 heteroatoms. The van der Waals surface area contributed by atoms with Gasteiger partial charge in [-0.2, -0.15) is 0 Å². The van der Waals surface area contributed by atoms with Crippen LogP contribution in [0.5, 0.6) is 5.75 Å². The number of benzene rings is 1. The number of hydrogen-bond acceptors (Lipinski definition) is 5. The fraction of sp³-hybridized carbons (Fsp3) is 0.600. The zero-order valence-electron chi connectivity index (χ0n) is 16.1. The summed E-state index contributed by atoms with van der Waals surface area (Å²) >= 11 is 0. The van der Waals surface area contributed by atoms with Gasteiger partial charge in [-0.15, -0.1) is 0 Å². The zero-order chi connectivity index (χ0) is 19.4. The van der Waals surface area contributed by atoms with Gasteiger partial charge in [0, 0.05) is 32.7 Å². The van der Waals surface area contributed by atoms with Crippen LogP contribution >= 0.6 is 0 Å². The van der Waals surface area contributed by atoms with E-state index in [9.17, 15) is 9.59 Å². The molecule has 27 heavy (non-hydrogen) atoms. The Balaban J connectivity index is 1.49. The average molecular weight is 375 g/mol. The van der Waals surface area contributed by atoms with Crippen LogP contribution in [0.2, 0.25) is 0 Å². The third kappa shape index (κ3) is 4.59. The van der Waals surface area contributed by atoms with Crippen molar-refractivity contribution in [2.75, 3.05) is 32.7 Å². The second-order valence-electron chi connectivity index (χ2n) is 7.24. The Labute approximate surface area is 160 Å². The molecule has 7 nitrogen and oxygen atoms in total. The molecule has 0 saturated carbocycles. The Kier molecular flexibility index (Phi) is 6.34. The number of piperazine rings is 1. The maximum absolute atomic E-state index is 12.7. The molecule has 1 aromatic rings. The normalized spacial score (nSPS) is 24.0. The van der Waals surface area contributed by atoms with Crippen LogP contribution < -0.4 is 10.5 Å². The number of para-hydroxylation sites is 1. The molecule has 148 valence electrons. The molecule has 1 unspecified atom stereocenters. The minimum atomic E-state index is -0.558. The number of carbonyl (C=O) groups excluding carboxylic acids is 2. The molecule has 2 saturated heterocycles. The Morgan fingerprint density at radius 3 is 2.48 bits per heavy atom. The molecule has 2 aliphatic rings. The molecule has 2 N–H and O–H groups in total. The number of carbonyl (C=O) groups is 2. The van der Waals surface area contributed by atoms with Crippen LogP contribution in [0.3, 0.4) is 0 Å². The summed E-state index contributed by atoms with van der Waals surface area (Å²) in [4.78, 5) is 28.8. The largest absolute Gasteiger partial charge is 0.481 e. The summed E-state index contributed by atoms with van der Waals surface area (Å²) in [5.74, 6) is 0.688. The molecule has 0 spiro atoms. The summed E-state index contributed by atoms with van der Waals surface area (Å²) in [6, 6.07) is 7.65. The van der Waals surface area contributed by atoms with Gasteiger partial charge in [0.2, 0.25) is 0 Å². The van der Waals surface area contributed by atoms with Crippen molar-refractivity contribution in [3.05, 3.63) is 29.8 Å². The smallest absolute Gasteiger partial charge is 0.263 e. The van der Waals surface area contributed by atoms with E-state index in [1.54, 1.807) is 16.7 Å². The zero-order valence-corrected chi connectivity index (χ0v) is 16.1. The quantitative estimate of drug-likeness (QED) is 0.828. The van der Waals surface area contributed by atoms with Gasteiger partial charge in [0.1, 0.15) is 11.9 Å². The molecule has 2 fully saturated rings. The van der Waals surface area contributed by atoms with Crippen molar-refractivity contribution in [2.24, 2.45) is 5.73 Å². The molecule has 0 radical (unpaired) electrons. The second kappa shape index (κ2) is 8.71. The number of aryl methyl sites for hydroxylation is 1. The van der Waals surface area contributed by atoms with Gasteiger partial charge in [0.25, 0.3) is 11.8 Å². The molecule has 0 aliphatic carbocycles. The third-order valence-corrected chi connectivity index (χ3v) is 5.29. The lowest BCUT2D eigenvalue weighted by Crippen LogP contribution is -2.55. The van der Waals surface area contributed by atoms with E-state index in [1.165, 1.54) is 0 Å². The lowest BCUT2D eigenvalue weighted by molar-refractivity contribution is -0.149. The predicted octanol–water partition coefficient (Wildman–Crippen LogP) is 0.939. The molecular formula is C20H29N3O4. The van der Waals surface area contributed by atoms with Crippen molar-refractivity contribution >= 4 is 11.8 Å². The van der Waals surface area contributed by atoms with Crippen LogP contribution in [0, 0.1) is 6.92 Å². The molecule has 0 aromatic heterocycles. The number of rotatable bonds is 5. The van der Waals surface area contributed by atoms with Crippen LogP contribution in [0.25, 0.3) is 0 Å². The highest BCUT2D eigenvalue weighted by atomic mass is 16.5. The Hall–Kier alpha value is -2.12. The van der Waals surface area contributed by atoms with Crippen LogP contribution in [-0.4, -0.2) is 72.6 Å². The summed E-state index contributed by atoms with van der Waals surface area (Å²) in [5.41, 5.74) is 6.61. The lowest BCUT2D eigenvalue weighted by Gasteiger charge is -2.36. The SMILES string of the molecule is Cc1ccccc1OC(C)C(=O)N1CCN(C(=O)[C@@H]2CC[C@H](CN)O2)CC1. The summed E-state index contributed by atoms with van der Waals surface area (Å²) < 4.78 is 11.5. The van der Waals surface area contributed by atoms with E-state index >= 15 is 0 Å². The van der Waals surface area contributed by atoms with E-state index in [4.69, 9.17) is 15.2 Å². The van der Waals surface area contributed by atoms with Crippen molar-refractivity contribution in [1.29, 1.82) is 0 Å². The number of hydrogen-bond donors (Lipinski definition) is 1. The number of nitrogens with two attached hydrogens (primary N) is 1. The van der Waals surface area contributed by atoms with Gasteiger partial charge >= 0.3 is 0 Å². The Morgan fingerprint density at radius 2 is 1.85 bits per heavy atom. The van der Waals surface area contributed by atoms with Crippen LogP contribution in [0.4, 0.5) is 0 Å². The fourth-order valence-corrected chi connectivity index (χ4v) is 3.60. The summed E-state index contributed by atoms with van der Waals surface area (Å²) in [6.45, 7) is 6.25. The molecule has 2 aliphatic heterocycles. The maximum atomic E-state index is 12.7. The minimum Gasteiger partial charge on any atom is -0.481 e. The van der Waals surface area contributed by atoms with Gasteiger partial charge in [0.15, 0.2) is 6.10 Å². The molecule has 2 heterocycles. The molecule has 2 amide bonds. The maximum Gasteiger partial charge on any atom is 0.263 e. The van der Waals surface area contributed by atoms with E-state index in [1.807, 2.05) is 31.2 Å². The summed E-state index contributed by atoms with van der Waals surface area (Å²) in [6.07, 6.45) is 0.600. The van der Waals surface area contributed by atoms with Gasteiger partial charge in [-0.3, -0.25) is 9.59 Å². The van der Waals surface area contributed by atoms with Gasteiger partial charge < -0.3 is 25.0 Å². The van der Waals surface area contributed by atoms with Gasteiger partial charge in [-0.05, 0) is 38.3 Å². The summed E-state index contributed by atoms with van der Waals surface area (Å²) in [5, 5.41) is 0. The van der Waals surface area contributed by atoms with Crippen molar-refractivity contribution in [1.82, 2.24) is 9.80 Å². The number of amides is 2. The molecule has 3 rings (SSSR count). The van der Waals surface area contributed by atoms with Crippen LogP contribution in [0.1, 0.15) is 25.3 Å². The highest BCUT2D eigenvalue weighted by Crippen LogP contribution is 2.22. The second-order valence-corrected chi connectivity index (χ2v) is 7.24. The first-order chi connectivity index (χ1) is 13.0. The fourth-order valence-electron chi connectivity index (χ4n) is 3.60. The van der Waals surface area contributed by atoms with E-state index in [0.717, 1.165) is 24.2 Å². The van der Waals surface area contributed by atoms with E-state index in [0.29, 0.717) is 32.7 Å². The first-order valence-corrected chi connectivity index (χ1v) is 9.65. The standard InChI is InChI=1S/C20H29N3O4/c1-14-5-3-4-6-17(14)26-15(2)19(24)22-9-11-23(12-10-22)20(25)18-8-7-16(13-21)27-18/h3-6,15-16,18H,7-13,21H2,1-2H3/t15?,16-,18+/m1/s1. The van der Waals surface area contributed by atoms with Crippen LogP contribution in [-0.2, 0) is 14.3 Å². The lowest BCUT2D eigenvalue weighted by atomic mass is 10.1. The van der Waals surface area contributed by atoms with Gasteiger partial charge in [0.05, 0.1) is 6.10 Å². The molecule has 3 atom stereocenters. The van der Waals surface area contributed by atoms with E-state index in [-0.39, 0.29) is 24.0 Å². The first kappa shape index (κ1) is 19.6. The molecular weight excluding hydrogens is 346 g/mol.